The van der Waals surface area contributed by atoms with E-state index in [-0.39, 0.29) is 29.5 Å². The predicted molar refractivity (Wildman–Crippen MR) is 107 cm³/mol. The van der Waals surface area contributed by atoms with Crippen LogP contribution in [0.3, 0.4) is 0 Å². The second-order valence-electron chi connectivity index (χ2n) is 7.08. The molecule has 0 bridgehead atoms. The van der Waals surface area contributed by atoms with E-state index in [1.165, 1.54) is 23.1 Å². The molecule has 29 heavy (non-hydrogen) atoms. The van der Waals surface area contributed by atoms with Crippen LogP contribution in [0.25, 0.3) is 0 Å². The van der Waals surface area contributed by atoms with Gasteiger partial charge >= 0.3 is 5.69 Å². The third kappa shape index (κ3) is 5.32. The number of nitro groups is 1. The number of aryl methyl sites for hydroxylation is 1. The maximum atomic E-state index is 12.9. The first-order valence-electron chi connectivity index (χ1n) is 9.17. The zero-order valence-electron chi connectivity index (χ0n) is 16.0. The van der Waals surface area contributed by atoms with Gasteiger partial charge in [-0.3, -0.25) is 14.9 Å². The fourth-order valence-electron chi connectivity index (χ4n) is 3.28. The molecule has 1 unspecified atom stereocenters. The van der Waals surface area contributed by atoms with Gasteiger partial charge in [0.2, 0.25) is 0 Å². The maximum Gasteiger partial charge on any atom is 0.310 e. The van der Waals surface area contributed by atoms with E-state index in [9.17, 15) is 23.3 Å². The van der Waals surface area contributed by atoms with E-state index < -0.39 is 33.3 Å². The van der Waals surface area contributed by atoms with Crippen molar-refractivity contribution in [2.24, 2.45) is 0 Å². The first-order valence-corrected chi connectivity index (χ1v) is 11.0. The Morgan fingerprint density at radius 3 is 2.52 bits per heavy atom. The molecule has 1 atom stereocenters. The minimum Gasteiger partial charge on any atom is -0.477 e. The van der Waals surface area contributed by atoms with Crippen LogP contribution in [0.15, 0.2) is 48.5 Å². The molecule has 9 heteroatoms. The predicted octanol–water partition coefficient (Wildman–Crippen LogP) is 2.50. The number of rotatable bonds is 7. The largest absolute Gasteiger partial charge is 0.477 e. The Labute approximate surface area is 169 Å². The van der Waals surface area contributed by atoms with Crippen molar-refractivity contribution >= 4 is 21.4 Å². The summed E-state index contributed by atoms with van der Waals surface area (Å²) in [6.07, 6.45) is 0.366. The van der Waals surface area contributed by atoms with Gasteiger partial charge in [-0.05, 0) is 25.0 Å². The van der Waals surface area contributed by atoms with Crippen LogP contribution in [-0.4, -0.2) is 48.3 Å². The summed E-state index contributed by atoms with van der Waals surface area (Å²) < 4.78 is 29.3. The van der Waals surface area contributed by atoms with Crippen LogP contribution < -0.4 is 4.74 Å². The lowest BCUT2D eigenvalue weighted by atomic mass is 10.1. The fourth-order valence-corrected chi connectivity index (χ4v) is 5.02. The van der Waals surface area contributed by atoms with E-state index in [2.05, 4.69) is 0 Å². The Morgan fingerprint density at radius 1 is 1.21 bits per heavy atom. The number of para-hydroxylation sites is 2. The Morgan fingerprint density at radius 2 is 1.90 bits per heavy atom. The van der Waals surface area contributed by atoms with Crippen LogP contribution in [-0.2, 0) is 21.2 Å². The topological polar surface area (TPSA) is 107 Å². The van der Waals surface area contributed by atoms with E-state index in [0.29, 0.717) is 6.42 Å². The molecule has 0 aliphatic carbocycles. The zero-order chi connectivity index (χ0) is 21.0. The molecule has 1 heterocycles. The number of hydrogen-bond donors (Lipinski definition) is 0. The van der Waals surface area contributed by atoms with Crippen LogP contribution in [0.2, 0.25) is 0 Å². The lowest BCUT2D eigenvalue weighted by molar-refractivity contribution is -0.385. The standard InChI is InChI=1S/C20H22N2O6S/c1-15-6-8-16(9-7-15)12-21(17-10-11-29(26,27)14-17)20(23)13-28-19-5-3-2-4-18(19)22(24)25/h2-9,17H,10-14H2,1H3. The van der Waals surface area contributed by atoms with Crippen molar-refractivity contribution < 1.29 is 22.9 Å². The Bertz CT molecular complexity index is 1000. The summed E-state index contributed by atoms with van der Waals surface area (Å²) in [6.45, 7) is 1.80. The van der Waals surface area contributed by atoms with Gasteiger partial charge in [0.25, 0.3) is 5.91 Å². The summed E-state index contributed by atoms with van der Waals surface area (Å²) in [5, 5.41) is 11.1. The normalized spacial score (nSPS) is 17.6. The van der Waals surface area contributed by atoms with Gasteiger partial charge in [0.05, 0.1) is 16.4 Å². The molecule has 2 aromatic rings. The van der Waals surface area contributed by atoms with Gasteiger partial charge in [0.1, 0.15) is 0 Å². The molecule has 0 saturated carbocycles. The van der Waals surface area contributed by atoms with E-state index in [1.54, 1.807) is 6.07 Å². The van der Waals surface area contributed by atoms with Gasteiger partial charge in [-0.25, -0.2) is 8.42 Å². The quantitative estimate of drug-likeness (QED) is 0.505. The van der Waals surface area contributed by atoms with Gasteiger partial charge < -0.3 is 9.64 Å². The second kappa shape index (κ2) is 8.60. The van der Waals surface area contributed by atoms with Gasteiger partial charge in [0, 0.05) is 18.7 Å². The number of carbonyl (C=O) groups is 1. The number of hydrogen-bond acceptors (Lipinski definition) is 6. The van der Waals surface area contributed by atoms with Crippen molar-refractivity contribution in [3.8, 4) is 5.75 Å². The van der Waals surface area contributed by atoms with Crippen molar-refractivity contribution in [3.63, 3.8) is 0 Å². The minimum absolute atomic E-state index is 0.000166. The van der Waals surface area contributed by atoms with Gasteiger partial charge in [-0.15, -0.1) is 0 Å². The molecule has 0 spiro atoms. The number of nitrogens with zero attached hydrogens (tertiary/aromatic N) is 2. The minimum atomic E-state index is -3.18. The van der Waals surface area contributed by atoms with E-state index >= 15 is 0 Å². The van der Waals surface area contributed by atoms with E-state index in [0.717, 1.165) is 11.1 Å². The second-order valence-corrected chi connectivity index (χ2v) is 9.31. The lowest BCUT2D eigenvalue weighted by Crippen LogP contribution is -2.43. The van der Waals surface area contributed by atoms with Crippen LogP contribution in [0, 0.1) is 17.0 Å². The third-order valence-corrected chi connectivity index (χ3v) is 6.61. The lowest BCUT2D eigenvalue weighted by Gasteiger charge is -2.28. The SMILES string of the molecule is Cc1ccc(CN(C(=O)COc2ccccc2[N+](=O)[O-])C2CCS(=O)(=O)C2)cc1. The number of benzene rings is 2. The van der Waals surface area contributed by atoms with Crippen molar-refractivity contribution in [1.29, 1.82) is 0 Å². The molecule has 0 N–H and O–H groups in total. The molecule has 0 radical (unpaired) electrons. The molecule has 3 rings (SSSR count). The van der Waals surface area contributed by atoms with Crippen LogP contribution in [0.1, 0.15) is 17.5 Å². The number of nitro benzene ring substituents is 1. The Balaban J connectivity index is 1.77. The van der Waals surface area contributed by atoms with E-state index in [1.807, 2.05) is 31.2 Å². The molecule has 2 aromatic carbocycles. The first kappa shape index (κ1) is 20.8. The van der Waals surface area contributed by atoms with Gasteiger partial charge in [0.15, 0.2) is 22.2 Å². The highest BCUT2D eigenvalue weighted by molar-refractivity contribution is 7.91. The molecule has 1 fully saturated rings. The van der Waals surface area contributed by atoms with Gasteiger partial charge in [-0.1, -0.05) is 42.0 Å². The van der Waals surface area contributed by atoms with Crippen molar-refractivity contribution in [1.82, 2.24) is 4.90 Å². The fraction of sp³-hybridized carbons (Fsp3) is 0.350. The maximum absolute atomic E-state index is 12.9. The number of amides is 1. The monoisotopic (exact) mass is 418 g/mol. The van der Waals surface area contributed by atoms with Crippen molar-refractivity contribution in [2.75, 3.05) is 18.1 Å². The van der Waals surface area contributed by atoms with Crippen LogP contribution >= 0.6 is 0 Å². The van der Waals surface area contributed by atoms with Crippen LogP contribution in [0.4, 0.5) is 5.69 Å². The third-order valence-electron chi connectivity index (χ3n) is 4.86. The number of ether oxygens (including phenoxy) is 1. The Hall–Kier alpha value is -2.94. The van der Waals surface area contributed by atoms with Crippen molar-refractivity contribution in [2.45, 2.75) is 25.9 Å². The first-order chi connectivity index (χ1) is 13.7. The molecule has 154 valence electrons. The molecule has 8 nitrogen and oxygen atoms in total. The number of sulfone groups is 1. The molecule has 1 aliphatic heterocycles. The molecule has 1 aliphatic rings. The average molecular weight is 418 g/mol. The van der Waals surface area contributed by atoms with Crippen molar-refractivity contribution in [3.05, 3.63) is 69.8 Å². The number of carbonyl (C=O) groups excluding carboxylic acids is 1. The highest BCUT2D eigenvalue weighted by atomic mass is 32.2. The smallest absolute Gasteiger partial charge is 0.310 e. The summed E-state index contributed by atoms with van der Waals surface area (Å²) in [5.41, 5.74) is 1.72. The molecule has 1 amide bonds. The summed E-state index contributed by atoms with van der Waals surface area (Å²) in [6, 6.07) is 13.0. The average Bonchev–Trinajstić information content (AvgIpc) is 3.05. The summed E-state index contributed by atoms with van der Waals surface area (Å²) in [7, 11) is -3.18. The highest BCUT2D eigenvalue weighted by Crippen LogP contribution is 2.26. The van der Waals surface area contributed by atoms with E-state index in [4.69, 9.17) is 4.74 Å². The molecule has 1 saturated heterocycles. The van der Waals surface area contributed by atoms with Crippen LogP contribution in [0.5, 0.6) is 5.75 Å². The summed E-state index contributed by atoms with van der Waals surface area (Å²) in [5.74, 6) is -0.456. The van der Waals surface area contributed by atoms with Gasteiger partial charge in [-0.2, -0.15) is 0 Å². The molecular weight excluding hydrogens is 396 g/mol. The summed E-state index contributed by atoms with van der Waals surface area (Å²) in [4.78, 5) is 24.9. The molecule has 0 aromatic heterocycles. The molecular formula is C20H22N2O6S. The highest BCUT2D eigenvalue weighted by Gasteiger charge is 2.35. The Kier molecular flexibility index (Phi) is 6.17. The zero-order valence-corrected chi connectivity index (χ0v) is 16.8. The summed E-state index contributed by atoms with van der Waals surface area (Å²) >= 11 is 0.